The zero-order valence-electron chi connectivity index (χ0n) is 9.22. The molecule has 2 rings (SSSR count). The molecule has 2 heteroatoms. The van der Waals surface area contributed by atoms with Crippen LogP contribution in [-0.2, 0) is 6.54 Å². The molecular weight excluding hydrogens is 184 g/mol. The van der Waals surface area contributed by atoms with Gasteiger partial charge >= 0.3 is 0 Å². The summed E-state index contributed by atoms with van der Waals surface area (Å²) < 4.78 is 0. The number of hydrogen-bond donors (Lipinski definition) is 0. The van der Waals surface area contributed by atoms with E-state index in [1.54, 1.807) is 0 Å². The van der Waals surface area contributed by atoms with Crippen LogP contribution in [0, 0.1) is 0 Å². The number of nitrogens with zero attached hydrogens (tertiary/aromatic N) is 2. The Morgan fingerprint density at radius 1 is 1.33 bits per heavy atom. The van der Waals surface area contributed by atoms with Crippen LogP contribution in [0.4, 0.5) is 0 Å². The van der Waals surface area contributed by atoms with Gasteiger partial charge in [0.2, 0.25) is 0 Å². The van der Waals surface area contributed by atoms with Crippen molar-refractivity contribution in [3.8, 4) is 0 Å². The molecule has 1 heterocycles. The zero-order valence-corrected chi connectivity index (χ0v) is 9.22. The van der Waals surface area contributed by atoms with Gasteiger partial charge in [-0.2, -0.15) is 0 Å². The number of fused-ring (bicyclic) bond motifs is 1. The van der Waals surface area contributed by atoms with Crippen LogP contribution >= 0.6 is 0 Å². The molecule has 2 nitrogen and oxygen atoms in total. The summed E-state index contributed by atoms with van der Waals surface area (Å²) in [5.74, 6) is 0. The normalized spacial score (nSPS) is 15.0. The highest BCUT2D eigenvalue weighted by atomic mass is 15.1. The van der Waals surface area contributed by atoms with Crippen molar-refractivity contribution < 1.29 is 0 Å². The first-order valence-electron chi connectivity index (χ1n) is 5.31. The quantitative estimate of drug-likeness (QED) is 0.529. The number of aliphatic imine (C=N–C) groups is 1. The lowest BCUT2D eigenvalue weighted by molar-refractivity contribution is 0.558. The largest absolute Gasteiger partial charge is 0.335 e. The first-order chi connectivity index (χ1) is 7.25. The molecule has 0 saturated heterocycles. The molecule has 0 unspecified atom stereocenters. The van der Waals surface area contributed by atoms with Crippen molar-refractivity contribution in [3.63, 3.8) is 0 Å². The van der Waals surface area contributed by atoms with Crippen LogP contribution in [0.15, 0.2) is 35.5 Å². The topological polar surface area (TPSA) is 15.6 Å². The lowest BCUT2D eigenvalue weighted by Crippen LogP contribution is -2.18. The number of hydrogen-bond acceptors (Lipinski definition) is 1. The smallest absolute Gasteiger partial charge is 0.0895 e. The molecule has 1 aliphatic heterocycles. The van der Waals surface area contributed by atoms with Gasteiger partial charge in [0.1, 0.15) is 0 Å². The molecule has 0 atom stereocenters. The van der Waals surface area contributed by atoms with Gasteiger partial charge in [-0.3, -0.25) is 4.99 Å². The number of rotatable bonds is 2. The molecule has 0 aromatic heterocycles. The van der Waals surface area contributed by atoms with Crippen LogP contribution < -0.4 is 0 Å². The van der Waals surface area contributed by atoms with Crippen molar-refractivity contribution in [2.24, 2.45) is 4.99 Å². The summed E-state index contributed by atoms with van der Waals surface area (Å²) in [4.78, 5) is 6.48. The van der Waals surface area contributed by atoms with E-state index in [4.69, 9.17) is 0 Å². The van der Waals surface area contributed by atoms with E-state index in [2.05, 4.69) is 60.3 Å². The van der Waals surface area contributed by atoms with E-state index in [0.29, 0.717) is 6.04 Å². The number of benzene rings is 1. The molecule has 0 radical (unpaired) electrons. The highest BCUT2D eigenvalue weighted by Gasteiger charge is 2.07. The van der Waals surface area contributed by atoms with E-state index in [0.717, 1.165) is 6.54 Å². The molecule has 0 saturated carbocycles. The maximum absolute atomic E-state index is 4.37. The molecular formula is C13H16N2. The molecule has 1 aliphatic rings. The second kappa shape index (κ2) is 4.30. The van der Waals surface area contributed by atoms with Crippen LogP contribution in [-0.4, -0.2) is 17.3 Å². The average Bonchev–Trinajstić information content (AvgIpc) is 2.26. The lowest BCUT2D eigenvalue weighted by Gasteiger charge is -2.21. The van der Waals surface area contributed by atoms with Gasteiger partial charge in [0.25, 0.3) is 0 Å². The monoisotopic (exact) mass is 200 g/mol. The molecule has 0 amide bonds. The van der Waals surface area contributed by atoms with E-state index in [-0.39, 0.29) is 0 Å². The molecule has 15 heavy (non-hydrogen) atoms. The summed E-state index contributed by atoms with van der Waals surface area (Å²) in [5.41, 5.74) is 2.67. The maximum Gasteiger partial charge on any atom is 0.0895 e. The van der Waals surface area contributed by atoms with Gasteiger partial charge in [0, 0.05) is 18.8 Å². The van der Waals surface area contributed by atoms with Gasteiger partial charge in [0.05, 0.1) is 6.34 Å². The summed E-state index contributed by atoms with van der Waals surface area (Å²) in [7, 11) is 0. The van der Waals surface area contributed by atoms with E-state index in [1.165, 1.54) is 11.1 Å². The minimum atomic E-state index is 0.357. The van der Waals surface area contributed by atoms with Gasteiger partial charge in [-0.05, 0) is 31.1 Å². The predicted molar refractivity (Wildman–Crippen MR) is 64.6 cm³/mol. The van der Waals surface area contributed by atoms with Crippen molar-refractivity contribution in [1.29, 1.82) is 0 Å². The fourth-order valence-electron chi connectivity index (χ4n) is 1.56. The average molecular weight is 200 g/mol. The Labute approximate surface area is 90.9 Å². The van der Waals surface area contributed by atoms with Crippen molar-refractivity contribution >= 4 is 12.4 Å². The summed E-state index contributed by atoms with van der Waals surface area (Å²) in [6, 6.07) is 8.81. The molecule has 0 bridgehead atoms. The summed E-state index contributed by atoms with van der Waals surface area (Å²) in [6.45, 7) is 5.08. The van der Waals surface area contributed by atoms with Gasteiger partial charge in [-0.25, -0.2) is 0 Å². The first kappa shape index (κ1) is 9.97. The predicted octanol–water partition coefficient (Wildman–Crippen LogP) is 2.91. The van der Waals surface area contributed by atoms with Crippen molar-refractivity contribution in [1.82, 2.24) is 4.90 Å². The third-order valence-corrected chi connectivity index (χ3v) is 2.37. The Bertz CT molecular complexity index is 391. The summed E-state index contributed by atoms with van der Waals surface area (Å²) in [5, 5.41) is 0. The Hall–Kier alpha value is -1.57. The second-order valence-corrected chi connectivity index (χ2v) is 4.05. The van der Waals surface area contributed by atoms with Gasteiger partial charge < -0.3 is 4.90 Å². The van der Waals surface area contributed by atoms with E-state index >= 15 is 0 Å². The van der Waals surface area contributed by atoms with Crippen molar-refractivity contribution in [2.75, 3.05) is 0 Å². The highest BCUT2D eigenvalue weighted by molar-refractivity contribution is 5.64. The molecule has 1 aromatic rings. The molecule has 0 N–H and O–H groups in total. The molecule has 0 spiro atoms. The lowest BCUT2D eigenvalue weighted by atomic mass is 10.1. The Morgan fingerprint density at radius 2 is 2.13 bits per heavy atom. The van der Waals surface area contributed by atoms with Crippen molar-refractivity contribution in [3.05, 3.63) is 41.6 Å². The molecule has 1 aromatic carbocycles. The van der Waals surface area contributed by atoms with Gasteiger partial charge in [-0.1, -0.05) is 24.3 Å². The Balaban J connectivity index is 2.12. The third kappa shape index (κ3) is 2.46. The Morgan fingerprint density at radius 3 is 2.93 bits per heavy atom. The summed E-state index contributed by atoms with van der Waals surface area (Å²) >= 11 is 0. The first-order valence-corrected chi connectivity index (χ1v) is 5.31. The maximum atomic E-state index is 4.37. The second-order valence-electron chi connectivity index (χ2n) is 4.05. The third-order valence-electron chi connectivity index (χ3n) is 2.37. The molecule has 0 fully saturated rings. The highest BCUT2D eigenvalue weighted by Crippen LogP contribution is 2.17. The van der Waals surface area contributed by atoms with Gasteiger partial charge in [-0.15, -0.1) is 0 Å². The zero-order chi connectivity index (χ0) is 10.7. The fourth-order valence-corrected chi connectivity index (χ4v) is 1.56. The van der Waals surface area contributed by atoms with Crippen LogP contribution in [0.3, 0.4) is 0 Å². The van der Waals surface area contributed by atoms with E-state index in [9.17, 15) is 0 Å². The molecule has 0 aliphatic carbocycles. The van der Waals surface area contributed by atoms with Gasteiger partial charge in [0.15, 0.2) is 0 Å². The molecule has 78 valence electrons. The van der Waals surface area contributed by atoms with E-state index < -0.39 is 0 Å². The standard InChI is InChI=1S/C13H16N2/c1-11(2)14-10-15-8-7-12-5-3-4-6-13(12)9-15/h3-8,10-11H,9H2,1-2H3. The van der Waals surface area contributed by atoms with Crippen molar-refractivity contribution in [2.45, 2.75) is 26.4 Å². The van der Waals surface area contributed by atoms with Crippen LogP contribution in [0.2, 0.25) is 0 Å². The minimum absolute atomic E-state index is 0.357. The fraction of sp³-hybridized carbons (Fsp3) is 0.308. The summed E-state index contributed by atoms with van der Waals surface area (Å²) in [6.07, 6.45) is 6.12. The van der Waals surface area contributed by atoms with Crippen LogP contribution in [0.25, 0.3) is 6.08 Å². The minimum Gasteiger partial charge on any atom is -0.335 e. The van der Waals surface area contributed by atoms with Crippen LogP contribution in [0.5, 0.6) is 0 Å². The SMILES string of the molecule is CC(C)N=CN1C=Cc2ccccc2C1. The van der Waals surface area contributed by atoms with E-state index in [1.807, 2.05) is 6.34 Å². The Kier molecular flexibility index (Phi) is 2.86. The van der Waals surface area contributed by atoms with Crippen LogP contribution in [0.1, 0.15) is 25.0 Å².